The second-order valence-corrected chi connectivity index (χ2v) is 8.30. The lowest BCUT2D eigenvalue weighted by atomic mass is 10.2. The standard InChI is InChI=1S/C17H13Cl4N7OS/c18-10-2-1-9(12(20)5-10)7-23-25-16-26-27-17(28(16)22)30-8-15(29)24-14-4-3-11(19)6-13(14)21/h1-7H,8,22H2,(H,24,29)(H,25,26)/b23-7+. The summed E-state index contributed by atoms with van der Waals surface area (Å²) in [6.45, 7) is 0. The van der Waals surface area contributed by atoms with Gasteiger partial charge in [-0.25, -0.2) is 10.1 Å². The maximum absolute atomic E-state index is 12.1. The molecular formula is C17H13Cl4N7OS. The minimum atomic E-state index is -0.294. The number of carbonyl (C=O) groups is 1. The van der Waals surface area contributed by atoms with E-state index in [1.54, 1.807) is 30.3 Å². The van der Waals surface area contributed by atoms with Crippen molar-refractivity contribution in [3.63, 3.8) is 0 Å². The van der Waals surface area contributed by atoms with Crippen LogP contribution in [0.2, 0.25) is 20.1 Å². The molecule has 3 aromatic rings. The van der Waals surface area contributed by atoms with Crippen molar-refractivity contribution in [2.45, 2.75) is 5.16 Å². The van der Waals surface area contributed by atoms with Crippen molar-refractivity contribution < 1.29 is 4.79 Å². The third kappa shape index (κ3) is 5.93. The molecule has 1 heterocycles. The van der Waals surface area contributed by atoms with Gasteiger partial charge < -0.3 is 11.2 Å². The molecule has 13 heteroatoms. The largest absolute Gasteiger partial charge is 0.334 e. The third-order valence-electron chi connectivity index (χ3n) is 3.53. The van der Waals surface area contributed by atoms with E-state index in [0.29, 0.717) is 36.5 Å². The summed E-state index contributed by atoms with van der Waals surface area (Å²) in [7, 11) is 0. The predicted molar refractivity (Wildman–Crippen MR) is 124 cm³/mol. The number of aromatic nitrogens is 3. The van der Waals surface area contributed by atoms with E-state index in [2.05, 4.69) is 26.0 Å². The summed E-state index contributed by atoms with van der Waals surface area (Å²) < 4.78 is 1.17. The second-order valence-electron chi connectivity index (χ2n) is 5.67. The van der Waals surface area contributed by atoms with Crippen LogP contribution in [0.5, 0.6) is 0 Å². The Bertz CT molecular complexity index is 1110. The summed E-state index contributed by atoms with van der Waals surface area (Å²) in [6, 6.07) is 9.80. The monoisotopic (exact) mass is 503 g/mol. The van der Waals surface area contributed by atoms with E-state index >= 15 is 0 Å². The maximum Gasteiger partial charge on any atom is 0.264 e. The molecule has 0 saturated heterocycles. The number of nitrogen functional groups attached to an aromatic ring is 1. The number of hydrazone groups is 1. The molecule has 0 aliphatic heterocycles. The van der Waals surface area contributed by atoms with Crippen LogP contribution >= 0.6 is 58.2 Å². The Kier molecular flexibility index (Phi) is 7.68. The van der Waals surface area contributed by atoms with E-state index in [1.807, 2.05) is 0 Å². The summed E-state index contributed by atoms with van der Waals surface area (Å²) in [4.78, 5) is 12.1. The van der Waals surface area contributed by atoms with E-state index in [1.165, 1.54) is 17.0 Å². The van der Waals surface area contributed by atoms with Crippen LogP contribution < -0.4 is 16.6 Å². The van der Waals surface area contributed by atoms with Crippen LogP contribution in [-0.4, -0.2) is 32.7 Å². The molecule has 0 radical (unpaired) electrons. The predicted octanol–water partition coefficient (Wildman–Crippen LogP) is 4.78. The van der Waals surface area contributed by atoms with Crippen LogP contribution in [0.15, 0.2) is 46.7 Å². The van der Waals surface area contributed by atoms with Crippen LogP contribution in [0, 0.1) is 0 Å². The van der Waals surface area contributed by atoms with E-state index in [0.717, 1.165) is 11.8 Å². The minimum Gasteiger partial charge on any atom is -0.334 e. The molecule has 156 valence electrons. The molecule has 0 saturated carbocycles. The van der Waals surface area contributed by atoms with Gasteiger partial charge in [-0.05, 0) is 30.3 Å². The van der Waals surface area contributed by atoms with Crippen LogP contribution in [-0.2, 0) is 4.79 Å². The molecule has 1 aromatic heterocycles. The van der Waals surface area contributed by atoms with Gasteiger partial charge in [-0.1, -0.05) is 64.2 Å². The maximum atomic E-state index is 12.1. The van der Waals surface area contributed by atoms with Gasteiger partial charge in [0.15, 0.2) is 0 Å². The van der Waals surface area contributed by atoms with E-state index < -0.39 is 0 Å². The molecule has 0 spiro atoms. The number of hydrogen-bond donors (Lipinski definition) is 3. The Morgan fingerprint density at radius 2 is 1.80 bits per heavy atom. The van der Waals surface area contributed by atoms with Crippen molar-refractivity contribution in [1.29, 1.82) is 0 Å². The normalized spacial score (nSPS) is 11.1. The summed E-state index contributed by atoms with van der Waals surface area (Å²) in [5, 5.41) is 16.6. The number of nitrogens with zero attached hydrogens (tertiary/aromatic N) is 4. The number of nitrogens with two attached hydrogens (primary N) is 1. The van der Waals surface area contributed by atoms with Gasteiger partial charge in [-0.15, -0.1) is 10.2 Å². The van der Waals surface area contributed by atoms with E-state index in [9.17, 15) is 4.79 Å². The van der Waals surface area contributed by atoms with E-state index in [-0.39, 0.29) is 17.6 Å². The smallest absolute Gasteiger partial charge is 0.264 e. The first-order valence-electron chi connectivity index (χ1n) is 8.16. The van der Waals surface area contributed by atoms with Crippen LogP contribution in [0.25, 0.3) is 0 Å². The molecule has 30 heavy (non-hydrogen) atoms. The highest BCUT2D eigenvalue weighted by atomic mass is 35.5. The topological polar surface area (TPSA) is 110 Å². The van der Waals surface area contributed by atoms with Crippen molar-refractivity contribution in [2.75, 3.05) is 22.3 Å². The highest BCUT2D eigenvalue weighted by molar-refractivity contribution is 7.99. The zero-order chi connectivity index (χ0) is 21.7. The first-order valence-corrected chi connectivity index (χ1v) is 10.7. The summed E-state index contributed by atoms with van der Waals surface area (Å²) >= 11 is 24.9. The number of halogens is 4. The molecule has 0 bridgehead atoms. The molecule has 4 N–H and O–H groups in total. The first kappa shape index (κ1) is 22.5. The number of thioether (sulfide) groups is 1. The number of benzene rings is 2. The zero-order valence-electron chi connectivity index (χ0n) is 14.9. The van der Waals surface area contributed by atoms with Crippen molar-refractivity contribution in [3.05, 3.63) is 62.1 Å². The summed E-state index contributed by atoms with van der Waals surface area (Å²) in [5.41, 5.74) is 3.78. The van der Waals surface area contributed by atoms with Gasteiger partial charge in [0.1, 0.15) is 0 Å². The quantitative estimate of drug-likeness (QED) is 0.185. The van der Waals surface area contributed by atoms with Crippen molar-refractivity contribution in [3.8, 4) is 0 Å². The molecule has 1 amide bonds. The molecule has 0 aliphatic rings. The molecule has 0 fully saturated rings. The molecule has 3 rings (SSSR count). The van der Waals surface area contributed by atoms with Crippen LogP contribution in [0.3, 0.4) is 0 Å². The number of nitrogens with one attached hydrogen (secondary N) is 2. The number of hydrogen-bond acceptors (Lipinski definition) is 7. The van der Waals surface area contributed by atoms with Gasteiger partial charge >= 0.3 is 0 Å². The highest BCUT2D eigenvalue weighted by Crippen LogP contribution is 2.26. The third-order valence-corrected chi connectivity index (χ3v) is 5.59. The van der Waals surface area contributed by atoms with E-state index in [4.69, 9.17) is 52.2 Å². The fourth-order valence-corrected chi connectivity index (χ4v) is 3.69. The lowest BCUT2D eigenvalue weighted by Gasteiger charge is -2.07. The Morgan fingerprint density at radius 3 is 2.50 bits per heavy atom. The van der Waals surface area contributed by atoms with Crippen LogP contribution in [0.1, 0.15) is 5.56 Å². The minimum absolute atomic E-state index is 0.0396. The molecule has 0 aliphatic carbocycles. The Balaban J connectivity index is 1.55. The molecular weight excluding hydrogens is 492 g/mol. The molecule has 0 atom stereocenters. The van der Waals surface area contributed by atoms with Crippen molar-refractivity contribution in [1.82, 2.24) is 14.9 Å². The summed E-state index contributed by atoms with van der Waals surface area (Å²) in [5.74, 6) is 5.86. The van der Waals surface area contributed by atoms with Gasteiger partial charge in [0.05, 0.1) is 27.7 Å². The lowest BCUT2D eigenvalue weighted by Crippen LogP contribution is -2.17. The Morgan fingerprint density at radius 1 is 1.10 bits per heavy atom. The number of carbonyl (C=O) groups excluding carboxylic acids is 1. The van der Waals surface area contributed by atoms with Gasteiger partial charge in [0.25, 0.3) is 5.95 Å². The fourth-order valence-electron chi connectivity index (χ4n) is 2.12. The Labute approximate surface area is 195 Å². The summed E-state index contributed by atoms with van der Waals surface area (Å²) in [6.07, 6.45) is 1.49. The average Bonchev–Trinajstić information content (AvgIpc) is 3.04. The molecule has 8 nitrogen and oxygen atoms in total. The number of anilines is 2. The van der Waals surface area contributed by atoms with Crippen molar-refractivity contribution >= 4 is 81.9 Å². The van der Waals surface area contributed by atoms with Gasteiger partial charge in [0, 0.05) is 15.6 Å². The zero-order valence-corrected chi connectivity index (χ0v) is 18.8. The SMILES string of the molecule is Nn1c(N/N=C/c2ccc(Cl)cc2Cl)nnc1SCC(=O)Nc1ccc(Cl)cc1Cl. The second kappa shape index (κ2) is 10.2. The van der Waals surface area contributed by atoms with Gasteiger partial charge in [0.2, 0.25) is 11.1 Å². The average molecular weight is 505 g/mol. The van der Waals surface area contributed by atoms with Crippen molar-refractivity contribution in [2.24, 2.45) is 5.10 Å². The molecule has 0 unspecified atom stereocenters. The van der Waals surface area contributed by atoms with Gasteiger partial charge in [-0.2, -0.15) is 5.10 Å². The lowest BCUT2D eigenvalue weighted by molar-refractivity contribution is -0.113. The van der Waals surface area contributed by atoms with Crippen LogP contribution in [0.4, 0.5) is 11.6 Å². The number of amides is 1. The first-order chi connectivity index (χ1) is 14.3. The van der Waals surface area contributed by atoms with Gasteiger partial charge in [-0.3, -0.25) is 4.79 Å². The highest BCUT2D eigenvalue weighted by Gasteiger charge is 2.13. The molecule has 2 aromatic carbocycles. The number of rotatable bonds is 7. The Hall–Kier alpha value is -2.17. The fraction of sp³-hybridized carbons (Fsp3) is 0.0588.